The van der Waals surface area contributed by atoms with Gasteiger partial charge in [0.05, 0.1) is 16.9 Å². The normalized spacial score (nSPS) is 18.6. The van der Waals surface area contributed by atoms with Crippen LogP contribution in [-0.2, 0) is 6.42 Å². The topological polar surface area (TPSA) is 29.9 Å². The Morgan fingerprint density at radius 3 is 3.00 bits per heavy atom. The first-order valence-electron chi connectivity index (χ1n) is 7.36. The van der Waals surface area contributed by atoms with Gasteiger partial charge in [0.1, 0.15) is 0 Å². The molecule has 4 heteroatoms. The fourth-order valence-electron chi connectivity index (χ4n) is 3.01. The Balaban J connectivity index is 2.05. The molecule has 0 spiro atoms. The molecule has 0 bridgehead atoms. The Kier molecular flexibility index (Phi) is 4.08. The van der Waals surface area contributed by atoms with E-state index in [9.17, 15) is 0 Å². The van der Waals surface area contributed by atoms with Crippen LogP contribution >= 0.6 is 11.6 Å². The molecule has 3 rings (SSSR count). The highest BCUT2D eigenvalue weighted by atomic mass is 35.5. The van der Waals surface area contributed by atoms with Crippen molar-refractivity contribution < 1.29 is 0 Å². The summed E-state index contributed by atoms with van der Waals surface area (Å²) in [5, 5.41) is 8.92. The maximum Gasteiger partial charge on any atom is 0.0835 e. The second kappa shape index (κ2) is 5.98. The van der Waals surface area contributed by atoms with E-state index in [4.69, 9.17) is 11.6 Å². The van der Waals surface area contributed by atoms with E-state index in [0.29, 0.717) is 6.04 Å². The molecule has 1 unspecified atom stereocenters. The molecule has 3 nitrogen and oxygen atoms in total. The SMILES string of the molecule is CCNC1CCCCc2c1cnn2-c1ccccc1Cl. The monoisotopic (exact) mass is 289 g/mol. The Labute approximate surface area is 124 Å². The van der Waals surface area contributed by atoms with E-state index in [1.807, 2.05) is 35.1 Å². The zero-order valence-electron chi connectivity index (χ0n) is 11.8. The third-order valence-corrected chi connectivity index (χ3v) is 4.28. The number of hydrogen-bond donors (Lipinski definition) is 1. The van der Waals surface area contributed by atoms with E-state index in [1.54, 1.807) is 0 Å². The average molecular weight is 290 g/mol. The molecule has 0 saturated carbocycles. The maximum absolute atomic E-state index is 6.32. The van der Waals surface area contributed by atoms with Crippen molar-refractivity contribution in [2.24, 2.45) is 0 Å². The van der Waals surface area contributed by atoms with Crippen LogP contribution in [0.15, 0.2) is 30.5 Å². The molecule has 1 heterocycles. The van der Waals surface area contributed by atoms with E-state index in [1.165, 1.54) is 30.5 Å². The van der Waals surface area contributed by atoms with Gasteiger partial charge in [0.25, 0.3) is 0 Å². The molecule has 1 aliphatic rings. The number of para-hydroxylation sites is 1. The van der Waals surface area contributed by atoms with Gasteiger partial charge in [0, 0.05) is 17.3 Å². The summed E-state index contributed by atoms with van der Waals surface area (Å²) in [5.41, 5.74) is 3.62. The summed E-state index contributed by atoms with van der Waals surface area (Å²) in [5.74, 6) is 0. The smallest absolute Gasteiger partial charge is 0.0835 e. The lowest BCUT2D eigenvalue weighted by molar-refractivity contribution is 0.503. The highest BCUT2D eigenvalue weighted by Crippen LogP contribution is 2.31. The van der Waals surface area contributed by atoms with E-state index in [2.05, 4.69) is 17.3 Å². The van der Waals surface area contributed by atoms with Crippen molar-refractivity contribution in [3.8, 4) is 5.69 Å². The lowest BCUT2D eigenvalue weighted by atomic mass is 10.1. The molecular weight excluding hydrogens is 270 g/mol. The number of hydrogen-bond acceptors (Lipinski definition) is 2. The average Bonchev–Trinajstić information content (AvgIpc) is 2.76. The molecule has 20 heavy (non-hydrogen) atoms. The standard InChI is InChI=1S/C16H20ClN3/c1-2-18-14-8-4-6-9-15-12(14)11-19-20(15)16-10-5-3-7-13(16)17/h3,5,7,10-11,14,18H,2,4,6,8-9H2,1H3. The molecule has 1 atom stereocenters. The summed E-state index contributed by atoms with van der Waals surface area (Å²) in [4.78, 5) is 0. The molecule has 1 aliphatic carbocycles. The predicted molar refractivity (Wildman–Crippen MR) is 82.5 cm³/mol. The number of rotatable bonds is 3. The van der Waals surface area contributed by atoms with Gasteiger partial charge in [-0.05, 0) is 37.9 Å². The van der Waals surface area contributed by atoms with Gasteiger partial charge in [0.15, 0.2) is 0 Å². The Morgan fingerprint density at radius 2 is 2.20 bits per heavy atom. The quantitative estimate of drug-likeness (QED) is 0.869. The van der Waals surface area contributed by atoms with Gasteiger partial charge < -0.3 is 5.32 Å². The molecule has 0 aliphatic heterocycles. The first-order chi connectivity index (χ1) is 9.81. The zero-order chi connectivity index (χ0) is 13.9. The van der Waals surface area contributed by atoms with Crippen LogP contribution in [0.3, 0.4) is 0 Å². The van der Waals surface area contributed by atoms with Gasteiger partial charge in [-0.2, -0.15) is 5.10 Å². The van der Waals surface area contributed by atoms with Crippen molar-refractivity contribution in [1.29, 1.82) is 0 Å². The van der Waals surface area contributed by atoms with Crippen LogP contribution in [0.1, 0.15) is 43.5 Å². The number of halogens is 1. The second-order valence-corrected chi connectivity index (χ2v) is 5.67. The molecule has 0 fully saturated rings. The van der Waals surface area contributed by atoms with Crippen molar-refractivity contribution in [2.75, 3.05) is 6.54 Å². The molecule has 106 valence electrons. The summed E-state index contributed by atoms with van der Waals surface area (Å²) in [6, 6.07) is 8.34. The van der Waals surface area contributed by atoms with E-state index >= 15 is 0 Å². The number of aromatic nitrogens is 2. The first-order valence-corrected chi connectivity index (χ1v) is 7.74. The number of nitrogens with zero attached hydrogens (tertiary/aromatic N) is 2. The summed E-state index contributed by atoms with van der Waals surface area (Å²) in [6.45, 7) is 3.14. The minimum Gasteiger partial charge on any atom is -0.310 e. The summed E-state index contributed by atoms with van der Waals surface area (Å²) < 4.78 is 2.02. The van der Waals surface area contributed by atoms with Gasteiger partial charge in [0.2, 0.25) is 0 Å². The largest absolute Gasteiger partial charge is 0.310 e. The number of fused-ring (bicyclic) bond motifs is 1. The number of benzene rings is 1. The van der Waals surface area contributed by atoms with Crippen molar-refractivity contribution >= 4 is 11.6 Å². The zero-order valence-corrected chi connectivity index (χ0v) is 12.5. The highest BCUT2D eigenvalue weighted by molar-refractivity contribution is 6.32. The third kappa shape index (κ3) is 2.48. The molecule has 0 saturated heterocycles. The van der Waals surface area contributed by atoms with Gasteiger partial charge in [-0.25, -0.2) is 4.68 Å². The van der Waals surface area contributed by atoms with E-state index in [0.717, 1.165) is 23.7 Å². The van der Waals surface area contributed by atoms with E-state index in [-0.39, 0.29) is 0 Å². The van der Waals surface area contributed by atoms with Gasteiger partial charge in [-0.3, -0.25) is 0 Å². The molecule has 1 aromatic carbocycles. The van der Waals surface area contributed by atoms with Crippen LogP contribution in [-0.4, -0.2) is 16.3 Å². The van der Waals surface area contributed by atoms with Gasteiger partial charge in [-0.15, -0.1) is 0 Å². The number of nitrogens with one attached hydrogen (secondary N) is 1. The first kappa shape index (κ1) is 13.7. The van der Waals surface area contributed by atoms with Crippen molar-refractivity contribution in [1.82, 2.24) is 15.1 Å². The highest BCUT2D eigenvalue weighted by Gasteiger charge is 2.23. The van der Waals surface area contributed by atoms with Crippen molar-refractivity contribution in [2.45, 2.75) is 38.6 Å². The van der Waals surface area contributed by atoms with Crippen LogP contribution in [0.5, 0.6) is 0 Å². The van der Waals surface area contributed by atoms with Crippen molar-refractivity contribution in [3.63, 3.8) is 0 Å². The second-order valence-electron chi connectivity index (χ2n) is 5.27. The minimum absolute atomic E-state index is 0.425. The molecule has 1 aromatic heterocycles. The Morgan fingerprint density at radius 1 is 1.35 bits per heavy atom. The lowest BCUT2D eigenvalue weighted by Crippen LogP contribution is -2.20. The fraction of sp³-hybridized carbons (Fsp3) is 0.438. The maximum atomic E-state index is 6.32. The third-order valence-electron chi connectivity index (χ3n) is 3.96. The summed E-state index contributed by atoms with van der Waals surface area (Å²) >= 11 is 6.32. The molecule has 0 amide bonds. The minimum atomic E-state index is 0.425. The molecular formula is C16H20ClN3. The summed E-state index contributed by atoms with van der Waals surface area (Å²) in [6.07, 6.45) is 6.74. The van der Waals surface area contributed by atoms with Gasteiger partial charge in [-0.1, -0.05) is 37.1 Å². The molecule has 1 N–H and O–H groups in total. The van der Waals surface area contributed by atoms with E-state index < -0.39 is 0 Å². The van der Waals surface area contributed by atoms with Crippen LogP contribution in [0, 0.1) is 0 Å². The van der Waals surface area contributed by atoms with Crippen molar-refractivity contribution in [3.05, 3.63) is 46.7 Å². The Bertz CT molecular complexity index is 591. The Hall–Kier alpha value is -1.32. The predicted octanol–water partition coefficient (Wildman–Crippen LogP) is 3.90. The van der Waals surface area contributed by atoms with Crippen LogP contribution in [0.2, 0.25) is 5.02 Å². The fourth-order valence-corrected chi connectivity index (χ4v) is 3.23. The van der Waals surface area contributed by atoms with Gasteiger partial charge >= 0.3 is 0 Å². The molecule has 2 aromatic rings. The van der Waals surface area contributed by atoms with Crippen LogP contribution in [0.25, 0.3) is 5.69 Å². The summed E-state index contributed by atoms with van der Waals surface area (Å²) in [7, 11) is 0. The van der Waals surface area contributed by atoms with Crippen LogP contribution < -0.4 is 5.32 Å². The lowest BCUT2D eigenvalue weighted by Gasteiger charge is -2.15. The molecule has 0 radical (unpaired) electrons. The van der Waals surface area contributed by atoms with Crippen LogP contribution in [0.4, 0.5) is 0 Å².